The van der Waals surface area contributed by atoms with E-state index in [2.05, 4.69) is 14.7 Å². The van der Waals surface area contributed by atoms with E-state index in [4.69, 9.17) is 4.74 Å². The molecule has 5 nitrogen and oxygen atoms in total. The van der Waals surface area contributed by atoms with E-state index in [1.54, 1.807) is 0 Å². The second kappa shape index (κ2) is 8.03. The van der Waals surface area contributed by atoms with Gasteiger partial charge in [-0.25, -0.2) is 4.39 Å². The lowest BCUT2D eigenvalue weighted by atomic mass is 9.95. The van der Waals surface area contributed by atoms with Gasteiger partial charge >= 0.3 is 0 Å². The zero-order chi connectivity index (χ0) is 17.9. The van der Waals surface area contributed by atoms with Gasteiger partial charge in [0.1, 0.15) is 5.82 Å². The molecule has 4 aliphatic rings. The van der Waals surface area contributed by atoms with E-state index in [-0.39, 0.29) is 11.7 Å². The Morgan fingerprint density at radius 3 is 2.58 bits per heavy atom. The highest BCUT2D eigenvalue weighted by molar-refractivity contribution is 5.78. The second-order valence-corrected chi connectivity index (χ2v) is 7.85. The molecule has 1 amide bonds. The number of piperidine rings is 1. The number of halogens is 1. The van der Waals surface area contributed by atoms with Crippen molar-refractivity contribution in [2.45, 2.75) is 25.4 Å². The van der Waals surface area contributed by atoms with Crippen LogP contribution in [0.2, 0.25) is 0 Å². The van der Waals surface area contributed by atoms with E-state index in [1.165, 1.54) is 18.6 Å². The van der Waals surface area contributed by atoms with Gasteiger partial charge < -0.3 is 9.64 Å². The first-order chi connectivity index (χ1) is 12.7. The fraction of sp³-hybridized carbons (Fsp3) is 0.650. The maximum atomic E-state index is 13.1. The molecule has 1 aromatic carbocycles. The molecule has 0 saturated carbocycles. The Hall–Kier alpha value is -1.50. The summed E-state index contributed by atoms with van der Waals surface area (Å²) >= 11 is 0. The van der Waals surface area contributed by atoms with Crippen LogP contribution in [0.3, 0.4) is 0 Å². The normalized spacial score (nSPS) is 27.5. The van der Waals surface area contributed by atoms with Crippen LogP contribution in [0.4, 0.5) is 4.39 Å². The maximum Gasteiger partial charge on any atom is 0.237 e. The highest BCUT2D eigenvalue weighted by atomic mass is 19.1. The Kier molecular flexibility index (Phi) is 5.52. The van der Waals surface area contributed by atoms with Gasteiger partial charge in [0.05, 0.1) is 19.8 Å². The first kappa shape index (κ1) is 17.9. The molecule has 0 aromatic heterocycles. The van der Waals surface area contributed by atoms with Crippen LogP contribution >= 0.6 is 0 Å². The van der Waals surface area contributed by atoms with Crippen molar-refractivity contribution >= 4 is 5.91 Å². The summed E-state index contributed by atoms with van der Waals surface area (Å²) in [7, 11) is 0. The van der Waals surface area contributed by atoms with Crippen molar-refractivity contribution in [3.05, 3.63) is 35.6 Å². The van der Waals surface area contributed by atoms with Gasteiger partial charge in [0.2, 0.25) is 5.91 Å². The van der Waals surface area contributed by atoms with Gasteiger partial charge in [0, 0.05) is 45.3 Å². The Morgan fingerprint density at radius 1 is 1.04 bits per heavy atom. The maximum absolute atomic E-state index is 13.1. The summed E-state index contributed by atoms with van der Waals surface area (Å²) in [4.78, 5) is 19.7. The standard InChI is InChI=1S/C20H28FN3O2/c21-18-4-1-16(2-5-18)11-23-12-17-3-6-19(14-23)24(13-17)20(25)15-22-7-9-26-10-8-22/h1-2,4-5,17,19H,3,6-15H2/t17-,19+/m0/s1. The SMILES string of the molecule is O=C(CN1CCOCC1)N1C[C@H]2CC[C@@H]1CN(Cc1ccc(F)cc1)C2. The molecular formula is C20H28FN3O2. The number of morpholine rings is 1. The second-order valence-electron chi connectivity index (χ2n) is 7.85. The molecule has 26 heavy (non-hydrogen) atoms. The molecule has 4 aliphatic heterocycles. The number of benzene rings is 1. The van der Waals surface area contributed by atoms with E-state index in [0.29, 0.717) is 18.5 Å². The molecule has 2 atom stereocenters. The summed E-state index contributed by atoms with van der Waals surface area (Å²) in [5, 5.41) is 0. The minimum absolute atomic E-state index is 0.190. The molecule has 6 heteroatoms. The van der Waals surface area contributed by atoms with Crippen molar-refractivity contribution in [1.82, 2.24) is 14.7 Å². The molecule has 4 fully saturated rings. The first-order valence-electron chi connectivity index (χ1n) is 9.74. The van der Waals surface area contributed by atoms with Crippen molar-refractivity contribution < 1.29 is 13.9 Å². The Morgan fingerprint density at radius 2 is 1.81 bits per heavy atom. The number of carbonyl (C=O) groups excluding carboxylic acids is 1. The van der Waals surface area contributed by atoms with Gasteiger partial charge in [-0.3, -0.25) is 14.6 Å². The third-order valence-electron chi connectivity index (χ3n) is 5.89. The Bertz CT molecular complexity index is 618. The van der Waals surface area contributed by atoms with Crippen LogP contribution in [0.5, 0.6) is 0 Å². The number of rotatable bonds is 4. The van der Waals surface area contributed by atoms with E-state index in [1.807, 2.05) is 12.1 Å². The lowest BCUT2D eigenvalue weighted by Gasteiger charge is -2.38. The monoisotopic (exact) mass is 361 g/mol. The van der Waals surface area contributed by atoms with Crippen molar-refractivity contribution in [3.63, 3.8) is 0 Å². The van der Waals surface area contributed by atoms with Gasteiger partial charge in [-0.1, -0.05) is 12.1 Å². The Labute approximate surface area is 154 Å². The van der Waals surface area contributed by atoms with E-state index in [9.17, 15) is 9.18 Å². The number of hydrogen-bond donors (Lipinski definition) is 0. The minimum atomic E-state index is -0.190. The molecule has 0 spiro atoms. The molecule has 5 rings (SSSR count). The van der Waals surface area contributed by atoms with Crippen LogP contribution in [0.1, 0.15) is 18.4 Å². The third kappa shape index (κ3) is 4.24. The minimum Gasteiger partial charge on any atom is -0.379 e. The highest BCUT2D eigenvalue weighted by Crippen LogP contribution is 2.29. The smallest absolute Gasteiger partial charge is 0.237 e. The van der Waals surface area contributed by atoms with Gasteiger partial charge in [-0.2, -0.15) is 0 Å². The number of hydrogen-bond acceptors (Lipinski definition) is 4. The number of carbonyl (C=O) groups is 1. The van der Waals surface area contributed by atoms with Gasteiger partial charge in [-0.15, -0.1) is 0 Å². The van der Waals surface area contributed by atoms with Crippen LogP contribution in [-0.2, 0) is 16.1 Å². The predicted molar refractivity (Wildman–Crippen MR) is 97.2 cm³/mol. The number of amides is 1. The molecule has 0 N–H and O–H groups in total. The van der Waals surface area contributed by atoms with Crippen molar-refractivity contribution in [2.75, 3.05) is 52.5 Å². The van der Waals surface area contributed by atoms with E-state index in [0.717, 1.165) is 64.5 Å². The molecule has 0 radical (unpaired) electrons. The Balaban J connectivity index is 1.37. The van der Waals surface area contributed by atoms with Crippen LogP contribution in [-0.4, -0.2) is 79.1 Å². The third-order valence-corrected chi connectivity index (χ3v) is 5.89. The molecule has 1 aromatic rings. The average Bonchev–Trinajstić information content (AvgIpc) is 2.95. The summed E-state index contributed by atoms with van der Waals surface area (Å²) in [5.41, 5.74) is 1.14. The highest BCUT2D eigenvalue weighted by Gasteiger charge is 2.37. The van der Waals surface area contributed by atoms with Crippen molar-refractivity contribution in [3.8, 4) is 0 Å². The van der Waals surface area contributed by atoms with Crippen molar-refractivity contribution in [2.24, 2.45) is 5.92 Å². The molecule has 0 unspecified atom stereocenters. The lowest BCUT2D eigenvalue weighted by molar-refractivity contribution is -0.137. The molecule has 4 saturated heterocycles. The van der Waals surface area contributed by atoms with E-state index < -0.39 is 0 Å². The molecular weight excluding hydrogens is 333 g/mol. The zero-order valence-corrected chi connectivity index (χ0v) is 15.3. The quantitative estimate of drug-likeness (QED) is 0.816. The fourth-order valence-electron chi connectivity index (χ4n) is 4.50. The number of ether oxygens (including phenoxy) is 1. The molecule has 4 heterocycles. The van der Waals surface area contributed by atoms with E-state index >= 15 is 0 Å². The summed E-state index contributed by atoms with van der Waals surface area (Å²) in [5.74, 6) is 0.623. The van der Waals surface area contributed by atoms with Crippen molar-refractivity contribution in [1.29, 1.82) is 0 Å². The van der Waals surface area contributed by atoms with Gasteiger partial charge in [0.15, 0.2) is 0 Å². The van der Waals surface area contributed by atoms with Gasteiger partial charge in [0.25, 0.3) is 0 Å². The fourth-order valence-corrected chi connectivity index (χ4v) is 4.50. The first-order valence-corrected chi connectivity index (χ1v) is 9.74. The lowest BCUT2D eigenvalue weighted by Crippen LogP contribution is -2.52. The average molecular weight is 361 g/mol. The zero-order valence-electron chi connectivity index (χ0n) is 15.3. The molecule has 142 valence electrons. The summed E-state index contributed by atoms with van der Waals surface area (Å²) in [6.07, 6.45) is 2.30. The van der Waals surface area contributed by atoms with Crippen LogP contribution in [0, 0.1) is 11.7 Å². The van der Waals surface area contributed by atoms with Gasteiger partial charge in [-0.05, 0) is 36.5 Å². The molecule has 0 aliphatic carbocycles. The van der Waals surface area contributed by atoms with Crippen LogP contribution < -0.4 is 0 Å². The molecule has 2 bridgehead atoms. The number of nitrogens with zero attached hydrogens (tertiary/aromatic N) is 3. The topological polar surface area (TPSA) is 36.0 Å². The largest absolute Gasteiger partial charge is 0.379 e. The summed E-state index contributed by atoms with van der Waals surface area (Å²) in [6, 6.07) is 7.09. The summed E-state index contributed by atoms with van der Waals surface area (Å²) < 4.78 is 18.5. The predicted octanol–water partition coefficient (Wildman–Crippen LogP) is 1.58. The summed E-state index contributed by atoms with van der Waals surface area (Å²) in [6.45, 7) is 7.33. The number of fused-ring (bicyclic) bond motifs is 4. The van der Waals surface area contributed by atoms with Crippen LogP contribution in [0.25, 0.3) is 0 Å². The van der Waals surface area contributed by atoms with Crippen LogP contribution in [0.15, 0.2) is 24.3 Å².